The van der Waals surface area contributed by atoms with Crippen LogP contribution in [0.25, 0.3) is 11.1 Å². The van der Waals surface area contributed by atoms with E-state index in [4.69, 9.17) is 10.8 Å². The third-order valence-corrected chi connectivity index (χ3v) is 3.40. The largest absolute Gasteiger partial charge is 0.399 e. The zero-order valence-corrected chi connectivity index (χ0v) is 11.6. The van der Waals surface area contributed by atoms with Gasteiger partial charge in [0.05, 0.1) is 19.3 Å². The van der Waals surface area contributed by atoms with Crippen molar-refractivity contribution in [1.82, 2.24) is 9.78 Å². The van der Waals surface area contributed by atoms with Gasteiger partial charge in [0.15, 0.2) is 0 Å². The van der Waals surface area contributed by atoms with Gasteiger partial charge in [-0.15, -0.1) is 0 Å². The summed E-state index contributed by atoms with van der Waals surface area (Å²) in [4.78, 5) is 0. The lowest BCUT2D eigenvalue weighted by molar-refractivity contribution is 0.282. The van der Waals surface area contributed by atoms with Crippen LogP contribution in [0, 0.1) is 0 Å². The molecule has 3 N–H and O–H groups in total. The van der Waals surface area contributed by atoms with E-state index in [1.54, 1.807) is 0 Å². The minimum Gasteiger partial charge on any atom is -0.399 e. The second-order valence-electron chi connectivity index (χ2n) is 5.03. The second-order valence-corrected chi connectivity index (χ2v) is 5.03. The Hall–Kier alpha value is -2.59. The van der Waals surface area contributed by atoms with Crippen LogP contribution >= 0.6 is 0 Å². The topological polar surface area (TPSA) is 64.1 Å². The Morgan fingerprint density at radius 1 is 1.00 bits per heavy atom. The van der Waals surface area contributed by atoms with Crippen molar-refractivity contribution in [2.24, 2.45) is 0 Å². The SMILES string of the molecule is Nc1cccc(-c2cnn(Cc3ccc(CO)cc3)c2)c1. The molecule has 21 heavy (non-hydrogen) atoms. The number of benzene rings is 2. The predicted molar refractivity (Wildman–Crippen MR) is 83.5 cm³/mol. The standard InChI is InChI=1S/C17H17N3O/c18-17-3-1-2-15(8-17)16-9-19-20(11-16)10-13-4-6-14(12-21)7-5-13/h1-9,11,21H,10,12,18H2. The molecule has 2 aromatic carbocycles. The normalized spacial score (nSPS) is 10.7. The molecule has 106 valence electrons. The van der Waals surface area contributed by atoms with E-state index in [-0.39, 0.29) is 6.61 Å². The highest BCUT2D eigenvalue weighted by Crippen LogP contribution is 2.21. The van der Waals surface area contributed by atoms with Gasteiger partial charge in [0.25, 0.3) is 0 Å². The van der Waals surface area contributed by atoms with Crippen LogP contribution in [0.15, 0.2) is 60.9 Å². The molecule has 0 spiro atoms. The molecule has 0 atom stereocenters. The smallest absolute Gasteiger partial charge is 0.0681 e. The molecular weight excluding hydrogens is 262 g/mol. The van der Waals surface area contributed by atoms with Crippen LogP contribution in [0.4, 0.5) is 5.69 Å². The number of rotatable bonds is 4. The van der Waals surface area contributed by atoms with Crippen molar-refractivity contribution in [3.05, 3.63) is 72.1 Å². The summed E-state index contributed by atoms with van der Waals surface area (Å²) in [6, 6.07) is 15.6. The third-order valence-electron chi connectivity index (χ3n) is 3.40. The van der Waals surface area contributed by atoms with Crippen LogP contribution in [0.1, 0.15) is 11.1 Å². The summed E-state index contributed by atoms with van der Waals surface area (Å²) in [7, 11) is 0. The molecule has 0 radical (unpaired) electrons. The van der Waals surface area contributed by atoms with Gasteiger partial charge >= 0.3 is 0 Å². The number of nitrogens with two attached hydrogens (primary N) is 1. The molecule has 4 nitrogen and oxygen atoms in total. The maximum Gasteiger partial charge on any atom is 0.0681 e. The summed E-state index contributed by atoms with van der Waals surface area (Å²) in [5.41, 5.74) is 10.7. The summed E-state index contributed by atoms with van der Waals surface area (Å²) in [5.74, 6) is 0. The van der Waals surface area contributed by atoms with Gasteiger partial charge in [0, 0.05) is 17.4 Å². The van der Waals surface area contributed by atoms with E-state index >= 15 is 0 Å². The van der Waals surface area contributed by atoms with Crippen LogP contribution < -0.4 is 5.73 Å². The molecule has 0 aliphatic heterocycles. The molecule has 0 unspecified atom stereocenters. The second kappa shape index (κ2) is 5.81. The summed E-state index contributed by atoms with van der Waals surface area (Å²) >= 11 is 0. The number of nitrogen functional groups attached to an aromatic ring is 1. The lowest BCUT2D eigenvalue weighted by atomic mass is 10.1. The van der Waals surface area contributed by atoms with E-state index < -0.39 is 0 Å². The van der Waals surface area contributed by atoms with Gasteiger partial charge in [-0.3, -0.25) is 4.68 Å². The van der Waals surface area contributed by atoms with Crippen LogP contribution in [0.2, 0.25) is 0 Å². The Labute approximate surface area is 123 Å². The van der Waals surface area contributed by atoms with Crippen molar-refractivity contribution in [3.63, 3.8) is 0 Å². The number of hydrogen-bond acceptors (Lipinski definition) is 3. The zero-order chi connectivity index (χ0) is 14.7. The van der Waals surface area contributed by atoms with Crippen molar-refractivity contribution in [2.75, 3.05) is 5.73 Å². The minimum atomic E-state index is 0.0711. The molecule has 1 aromatic heterocycles. The van der Waals surface area contributed by atoms with Crippen molar-refractivity contribution < 1.29 is 5.11 Å². The first-order valence-electron chi connectivity index (χ1n) is 6.81. The molecule has 0 fully saturated rings. The van der Waals surface area contributed by atoms with E-state index in [2.05, 4.69) is 5.10 Å². The van der Waals surface area contributed by atoms with Gasteiger partial charge in [-0.1, -0.05) is 36.4 Å². The monoisotopic (exact) mass is 279 g/mol. The van der Waals surface area contributed by atoms with Crippen LogP contribution in [-0.2, 0) is 13.2 Å². The van der Waals surface area contributed by atoms with Crippen molar-refractivity contribution in [1.29, 1.82) is 0 Å². The molecule has 4 heteroatoms. The maximum absolute atomic E-state index is 9.04. The van der Waals surface area contributed by atoms with Gasteiger partial charge in [0.2, 0.25) is 0 Å². The van der Waals surface area contributed by atoms with Crippen molar-refractivity contribution in [2.45, 2.75) is 13.2 Å². The highest BCUT2D eigenvalue weighted by atomic mass is 16.3. The number of aromatic nitrogens is 2. The Bertz CT molecular complexity index is 732. The van der Waals surface area contributed by atoms with Gasteiger partial charge in [-0.25, -0.2) is 0 Å². The lowest BCUT2D eigenvalue weighted by Gasteiger charge is -2.03. The molecule has 0 saturated heterocycles. The van der Waals surface area contributed by atoms with Crippen LogP contribution in [0.3, 0.4) is 0 Å². The molecule has 3 rings (SSSR count). The molecule has 3 aromatic rings. The highest BCUT2D eigenvalue weighted by Gasteiger charge is 2.03. The summed E-state index contributed by atoms with van der Waals surface area (Å²) in [5, 5.41) is 13.4. The van der Waals surface area contributed by atoms with Crippen LogP contribution in [-0.4, -0.2) is 14.9 Å². The van der Waals surface area contributed by atoms with Crippen LogP contribution in [0.5, 0.6) is 0 Å². The molecule has 1 heterocycles. The summed E-state index contributed by atoms with van der Waals surface area (Å²) in [6.07, 6.45) is 3.85. The van der Waals surface area contributed by atoms with E-state index in [9.17, 15) is 0 Å². The fraction of sp³-hybridized carbons (Fsp3) is 0.118. The van der Waals surface area contributed by atoms with Gasteiger partial charge in [-0.05, 0) is 28.8 Å². The number of anilines is 1. The quantitative estimate of drug-likeness (QED) is 0.722. The molecule has 0 amide bonds. The number of aliphatic hydroxyl groups is 1. The van der Waals surface area contributed by atoms with Gasteiger partial charge < -0.3 is 10.8 Å². The Morgan fingerprint density at radius 2 is 1.76 bits per heavy atom. The Morgan fingerprint density at radius 3 is 2.48 bits per heavy atom. The number of nitrogens with zero attached hydrogens (tertiary/aromatic N) is 2. The number of aliphatic hydroxyl groups excluding tert-OH is 1. The van der Waals surface area contributed by atoms with E-state index in [0.717, 1.165) is 27.9 Å². The van der Waals surface area contributed by atoms with E-state index in [0.29, 0.717) is 6.54 Å². The average molecular weight is 279 g/mol. The zero-order valence-electron chi connectivity index (χ0n) is 11.6. The lowest BCUT2D eigenvalue weighted by Crippen LogP contribution is -1.99. The summed E-state index contributed by atoms with van der Waals surface area (Å²) < 4.78 is 1.90. The molecule has 0 aliphatic rings. The fourth-order valence-corrected chi connectivity index (χ4v) is 2.25. The van der Waals surface area contributed by atoms with Gasteiger partial charge in [0.1, 0.15) is 0 Å². The first-order valence-corrected chi connectivity index (χ1v) is 6.81. The third kappa shape index (κ3) is 3.12. The Balaban J connectivity index is 1.78. The Kier molecular flexibility index (Phi) is 3.71. The average Bonchev–Trinajstić information content (AvgIpc) is 2.97. The van der Waals surface area contributed by atoms with Crippen molar-refractivity contribution in [3.8, 4) is 11.1 Å². The first kappa shape index (κ1) is 13.4. The molecule has 0 bridgehead atoms. The van der Waals surface area contributed by atoms with Crippen molar-refractivity contribution >= 4 is 5.69 Å². The maximum atomic E-state index is 9.04. The molecular formula is C17H17N3O. The summed E-state index contributed by atoms with van der Waals surface area (Å²) in [6.45, 7) is 0.773. The molecule has 0 aliphatic carbocycles. The van der Waals surface area contributed by atoms with E-state index in [1.807, 2.05) is 65.6 Å². The minimum absolute atomic E-state index is 0.0711. The molecule has 0 saturated carbocycles. The van der Waals surface area contributed by atoms with Gasteiger partial charge in [-0.2, -0.15) is 5.10 Å². The fourth-order valence-electron chi connectivity index (χ4n) is 2.25. The predicted octanol–water partition coefficient (Wildman–Crippen LogP) is 2.67. The number of hydrogen-bond donors (Lipinski definition) is 2. The van der Waals surface area contributed by atoms with E-state index in [1.165, 1.54) is 0 Å². The highest BCUT2D eigenvalue weighted by molar-refractivity contribution is 5.65. The first-order chi connectivity index (χ1) is 10.2.